The van der Waals surface area contributed by atoms with E-state index in [1.807, 2.05) is 24.3 Å². The number of nitrogens with two attached hydrogens (primary N) is 1. The Bertz CT molecular complexity index is 258. The van der Waals surface area contributed by atoms with Crippen LogP contribution in [0.25, 0.3) is 0 Å². The Balaban J connectivity index is 2.64. The van der Waals surface area contributed by atoms with Crippen molar-refractivity contribution in [1.82, 2.24) is 0 Å². The Kier molecular flexibility index (Phi) is 5.31. The van der Waals surface area contributed by atoms with Crippen molar-refractivity contribution in [2.75, 3.05) is 12.4 Å². The first-order valence-corrected chi connectivity index (χ1v) is 5.70. The number of halogens is 2. The van der Waals surface area contributed by atoms with Gasteiger partial charge >= 0.3 is 0 Å². The molecule has 0 amide bonds. The molecule has 1 aromatic rings. The van der Waals surface area contributed by atoms with Crippen molar-refractivity contribution < 1.29 is 0 Å². The molecule has 1 nitrogen and oxygen atoms in total. The van der Waals surface area contributed by atoms with Gasteiger partial charge in [-0.25, -0.2) is 0 Å². The summed E-state index contributed by atoms with van der Waals surface area (Å²) in [5, 5.41) is 0.766. The van der Waals surface area contributed by atoms with Crippen LogP contribution in [0.1, 0.15) is 24.3 Å². The topological polar surface area (TPSA) is 26.0 Å². The van der Waals surface area contributed by atoms with Crippen LogP contribution in [0.5, 0.6) is 0 Å². The zero-order valence-corrected chi connectivity index (χ0v) is 9.56. The summed E-state index contributed by atoms with van der Waals surface area (Å²) in [6.45, 7) is 0.665. The second kappa shape index (κ2) is 6.28. The van der Waals surface area contributed by atoms with Crippen molar-refractivity contribution in [3.8, 4) is 0 Å². The number of hydrogen-bond acceptors (Lipinski definition) is 1. The predicted octanol–water partition coefficient (Wildman–Crippen LogP) is 3.40. The van der Waals surface area contributed by atoms with Gasteiger partial charge in [0.1, 0.15) is 0 Å². The number of rotatable bonds is 5. The Morgan fingerprint density at radius 3 is 2.36 bits per heavy atom. The van der Waals surface area contributed by atoms with Gasteiger partial charge < -0.3 is 5.73 Å². The number of alkyl halides is 1. The highest BCUT2D eigenvalue weighted by atomic mass is 35.5. The molecule has 0 fully saturated rings. The van der Waals surface area contributed by atoms with Crippen LogP contribution < -0.4 is 5.73 Å². The average Bonchev–Trinajstić information content (AvgIpc) is 2.21. The standard InChI is InChI=1S/C11H15Cl2N/c12-7-1-2-10(8-14)9-3-5-11(13)6-4-9/h3-6,10H,1-2,7-8,14H2. The van der Waals surface area contributed by atoms with Crippen LogP contribution in [-0.2, 0) is 0 Å². The summed E-state index contributed by atoms with van der Waals surface area (Å²) in [4.78, 5) is 0. The van der Waals surface area contributed by atoms with Gasteiger partial charge in [0.25, 0.3) is 0 Å². The molecule has 0 radical (unpaired) electrons. The van der Waals surface area contributed by atoms with Crippen LogP contribution in [-0.4, -0.2) is 12.4 Å². The average molecular weight is 232 g/mol. The van der Waals surface area contributed by atoms with Crippen molar-refractivity contribution in [2.24, 2.45) is 5.73 Å². The molecule has 78 valence electrons. The molecule has 1 unspecified atom stereocenters. The van der Waals surface area contributed by atoms with Gasteiger partial charge in [-0.15, -0.1) is 11.6 Å². The minimum atomic E-state index is 0.408. The molecule has 0 bridgehead atoms. The van der Waals surface area contributed by atoms with E-state index in [1.54, 1.807) is 0 Å². The maximum Gasteiger partial charge on any atom is 0.0406 e. The third-order valence-corrected chi connectivity index (χ3v) is 2.83. The Hall–Kier alpha value is -0.240. The lowest BCUT2D eigenvalue weighted by Gasteiger charge is -2.14. The van der Waals surface area contributed by atoms with Gasteiger partial charge in [-0.2, -0.15) is 0 Å². The molecule has 0 aromatic heterocycles. The molecule has 0 saturated carbocycles. The lowest BCUT2D eigenvalue weighted by atomic mass is 9.95. The number of hydrogen-bond donors (Lipinski definition) is 1. The second-order valence-electron chi connectivity index (χ2n) is 3.32. The summed E-state index contributed by atoms with van der Waals surface area (Å²) in [5.74, 6) is 1.11. The van der Waals surface area contributed by atoms with Crippen LogP contribution >= 0.6 is 23.2 Å². The minimum Gasteiger partial charge on any atom is -0.330 e. The Labute approximate surface area is 95.2 Å². The van der Waals surface area contributed by atoms with E-state index in [4.69, 9.17) is 28.9 Å². The third kappa shape index (κ3) is 3.49. The molecular weight excluding hydrogens is 217 g/mol. The van der Waals surface area contributed by atoms with Gasteiger partial charge in [-0.05, 0) is 43.0 Å². The zero-order chi connectivity index (χ0) is 10.4. The molecule has 0 aliphatic rings. The molecule has 1 atom stereocenters. The smallest absolute Gasteiger partial charge is 0.0406 e. The third-order valence-electron chi connectivity index (χ3n) is 2.31. The summed E-state index contributed by atoms with van der Waals surface area (Å²) in [6.07, 6.45) is 2.05. The van der Waals surface area contributed by atoms with Gasteiger partial charge in [0.15, 0.2) is 0 Å². The van der Waals surface area contributed by atoms with Crippen LogP contribution in [0.15, 0.2) is 24.3 Å². The van der Waals surface area contributed by atoms with Crippen LogP contribution in [0, 0.1) is 0 Å². The van der Waals surface area contributed by atoms with E-state index in [-0.39, 0.29) is 0 Å². The van der Waals surface area contributed by atoms with Gasteiger partial charge in [-0.1, -0.05) is 23.7 Å². The van der Waals surface area contributed by atoms with Crippen molar-refractivity contribution in [3.63, 3.8) is 0 Å². The van der Waals surface area contributed by atoms with Crippen molar-refractivity contribution in [2.45, 2.75) is 18.8 Å². The van der Waals surface area contributed by atoms with E-state index in [9.17, 15) is 0 Å². The molecule has 0 aliphatic heterocycles. The fraction of sp³-hybridized carbons (Fsp3) is 0.455. The summed E-state index contributed by atoms with van der Waals surface area (Å²) in [6, 6.07) is 7.88. The summed E-state index contributed by atoms with van der Waals surface area (Å²) in [7, 11) is 0. The van der Waals surface area contributed by atoms with Gasteiger partial charge in [0, 0.05) is 10.9 Å². The fourth-order valence-corrected chi connectivity index (χ4v) is 1.76. The monoisotopic (exact) mass is 231 g/mol. The molecule has 14 heavy (non-hydrogen) atoms. The van der Waals surface area contributed by atoms with Crippen molar-refractivity contribution in [3.05, 3.63) is 34.9 Å². The first kappa shape index (κ1) is 11.8. The molecule has 2 N–H and O–H groups in total. The van der Waals surface area contributed by atoms with E-state index >= 15 is 0 Å². The fourth-order valence-electron chi connectivity index (χ4n) is 1.48. The Morgan fingerprint density at radius 1 is 1.21 bits per heavy atom. The van der Waals surface area contributed by atoms with E-state index < -0.39 is 0 Å². The molecule has 1 aromatic carbocycles. The molecule has 3 heteroatoms. The minimum absolute atomic E-state index is 0.408. The first-order chi connectivity index (χ1) is 6.77. The van der Waals surface area contributed by atoms with Crippen LogP contribution in [0.2, 0.25) is 5.02 Å². The van der Waals surface area contributed by atoms with Crippen molar-refractivity contribution >= 4 is 23.2 Å². The SMILES string of the molecule is NCC(CCCCl)c1ccc(Cl)cc1. The molecule has 0 aliphatic carbocycles. The highest BCUT2D eigenvalue weighted by Crippen LogP contribution is 2.22. The van der Waals surface area contributed by atoms with E-state index in [1.165, 1.54) is 5.56 Å². The molecule has 0 spiro atoms. The highest BCUT2D eigenvalue weighted by molar-refractivity contribution is 6.30. The largest absolute Gasteiger partial charge is 0.330 e. The van der Waals surface area contributed by atoms with Gasteiger partial charge in [0.2, 0.25) is 0 Å². The van der Waals surface area contributed by atoms with Crippen LogP contribution in [0.4, 0.5) is 0 Å². The normalized spacial score (nSPS) is 12.8. The molecule has 1 rings (SSSR count). The van der Waals surface area contributed by atoms with E-state index in [0.717, 1.165) is 17.9 Å². The summed E-state index contributed by atoms with van der Waals surface area (Å²) < 4.78 is 0. The molecular formula is C11H15Cl2N. The summed E-state index contributed by atoms with van der Waals surface area (Å²) in [5.41, 5.74) is 6.96. The van der Waals surface area contributed by atoms with Crippen LogP contribution in [0.3, 0.4) is 0 Å². The van der Waals surface area contributed by atoms with Crippen molar-refractivity contribution in [1.29, 1.82) is 0 Å². The zero-order valence-electron chi connectivity index (χ0n) is 8.05. The first-order valence-electron chi connectivity index (χ1n) is 4.79. The molecule has 0 heterocycles. The van der Waals surface area contributed by atoms with Gasteiger partial charge in [-0.3, -0.25) is 0 Å². The quantitative estimate of drug-likeness (QED) is 0.773. The van der Waals surface area contributed by atoms with Gasteiger partial charge in [0.05, 0.1) is 0 Å². The Morgan fingerprint density at radius 2 is 1.86 bits per heavy atom. The lowest BCUT2D eigenvalue weighted by molar-refractivity contribution is 0.624. The summed E-state index contributed by atoms with van der Waals surface area (Å²) >= 11 is 11.5. The maximum absolute atomic E-state index is 5.81. The second-order valence-corrected chi connectivity index (χ2v) is 4.13. The maximum atomic E-state index is 5.81. The highest BCUT2D eigenvalue weighted by Gasteiger charge is 2.08. The predicted molar refractivity (Wildman–Crippen MR) is 63.2 cm³/mol. The van der Waals surface area contributed by atoms with E-state index in [0.29, 0.717) is 18.3 Å². The number of benzene rings is 1. The molecule has 0 saturated heterocycles. The van der Waals surface area contributed by atoms with E-state index in [2.05, 4.69) is 0 Å². The lowest BCUT2D eigenvalue weighted by Crippen LogP contribution is -2.12.